The lowest BCUT2D eigenvalue weighted by atomic mass is 9.41. The molecular formula is C23H25BN4O. The van der Waals surface area contributed by atoms with Crippen LogP contribution in [0.3, 0.4) is 0 Å². The highest BCUT2D eigenvalue weighted by Crippen LogP contribution is 2.34. The molecule has 29 heavy (non-hydrogen) atoms. The Kier molecular flexibility index (Phi) is 6.92. The second kappa shape index (κ2) is 9.80. The number of nitrogens with zero attached hydrogens (tertiary/aromatic N) is 4. The van der Waals surface area contributed by atoms with E-state index in [1.54, 1.807) is 17.8 Å². The minimum atomic E-state index is 0.107. The fourth-order valence-corrected chi connectivity index (χ4v) is 3.63. The molecule has 1 aromatic carbocycles. The van der Waals surface area contributed by atoms with Gasteiger partial charge in [-0.25, -0.2) is 10.2 Å². The van der Waals surface area contributed by atoms with Gasteiger partial charge in [-0.3, -0.25) is 0 Å². The molecule has 0 aliphatic carbocycles. The van der Waals surface area contributed by atoms with Crippen LogP contribution in [0, 0.1) is 23.1 Å². The van der Waals surface area contributed by atoms with E-state index in [4.69, 9.17) is 9.72 Å². The Morgan fingerprint density at radius 3 is 2.72 bits per heavy atom. The summed E-state index contributed by atoms with van der Waals surface area (Å²) in [6, 6.07) is 11.8. The second-order valence-corrected chi connectivity index (χ2v) is 6.82. The number of hydrogen-bond acceptors (Lipinski definition) is 4. The van der Waals surface area contributed by atoms with Gasteiger partial charge in [0.2, 0.25) is 5.88 Å². The van der Waals surface area contributed by atoms with Crippen molar-refractivity contribution in [2.45, 2.75) is 45.2 Å². The van der Waals surface area contributed by atoms with Crippen LogP contribution in [0.4, 0.5) is 0 Å². The lowest BCUT2D eigenvalue weighted by Crippen LogP contribution is -2.21. The van der Waals surface area contributed by atoms with Crippen LogP contribution < -0.4 is 4.74 Å². The van der Waals surface area contributed by atoms with Gasteiger partial charge in [0.25, 0.3) is 6.71 Å². The highest BCUT2D eigenvalue weighted by atomic mass is 16.5. The maximum Gasteiger partial charge on any atom is 0.268 e. The smallest absolute Gasteiger partial charge is 0.268 e. The molecule has 2 aromatic heterocycles. The van der Waals surface area contributed by atoms with E-state index in [0.717, 1.165) is 42.3 Å². The molecule has 146 valence electrons. The van der Waals surface area contributed by atoms with Gasteiger partial charge >= 0.3 is 0 Å². The van der Waals surface area contributed by atoms with Crippen molar-refractivity contribution in [1.29, 1.82) is 5.26 Å². The molecule has 0 bridgehead atoms. The van der Waals surface area contributed by atoms with Crippen LogP contribution in [0.15, 0.2) is 42.6 Å². The Labute approximate surface area is 172 Å². The predicted molar refractivity (Wildman–Crippen MR) is 116 cm³/mol. The summed E-state index contributed by atoms with van der Waals surface area (Å²) in [5, 5.41) is 13.7. The second-order valence-electron chi connectivity index (χ2n) is 6.82. The van der Waals surface area contributed by atoms with Crippen LogP contribution in [0.5, 0.6) is 5.88 Å². The molecule has 5 nitrogen and oxygen atoms in total. The SMILES string of the molecule is CC.COc1cc(C2CCCB(C#N)C2)nc2c(C#Cc3ccccc3)cnn12. The number of methoxy groups -OCH3 is 1. The fourth-order valence-electron chi connectivity index (χ4n) is 3.63. The van der Waals surface area contributed by atoms with Gasteiger partial charge in [0.1, 0.15) is 0 Å². The number of ether oxygens (including phenoxy) is 1. The molecule has 1 aliphatic rings. The van der Waals surface area contributed by atoms with Gasteiger partial charge in [-0.1, -0.05) is 62.9 Å². The van der Waals surface area contributed by atoms with Gasteiger partial charge in [-0.05, 0) is 24.5 Å². The van der Waals surface area contributed by atoms with Gasteiger partial charge in [0.15, 0.2) is 5.65 Å². The highest BCUT2D eigenvalue weighted by Gasteiger charge is 2.28. The Balaban J connectivity index is 0.00000117. The van der Waals surface area contributed by atoms with E-state index < -0.39 is 0 Å². The summed E-state index contributed by atoms with van der Waals surface area (Å²) in [5.74, 6) is 9.67. The summed E-state index contributed by atoms with van der Waals surface area (Å²) in [5.41, 5.74) is 3.38. The minimum Gasteiger partial charge on any atom is -0.481 e. The summed E-state index contributed by atoms with van der Waals surface area (Å²) in [4.78, 5) is 4.86. The molecule has 4 rings (SSSR count). The first-order chi connectivity index (χ1) is 14.3. The zero-order valence-electron chi connectivity index (χ0n) is 17.2. The standard InChI is InChI=1S/C21H19BN4O.C2H6/c1-27-20-12-19(17-8-5-11-22(13-17)15-23)25-21-18(14-24-26(20)21)10-9-16-6-3-2-4-7-16;1-2/h2-4,6-7,12,14,17H,5,8,11,13H2,1H3;1-2H3. The molecule has 0 amide bonds. The third kappa shape index (κ3) is 4.61. The van der Waals surface area contributed by atoms with E-state index in [1.165, 1.54) is 0 Å². The van der Waals surface area contributed by atoms with Crippen molar-refractivity contribution < 1.29 is 4.74 Å². The number of fused-ring (bicyclic) bond motifs is 1. The van der Waals surface area contributed by atoms with Crippen molar-refractivity contribution in [1.82, 2.24) is 14.6 Å². The van der Waals surface area contributed by atoms with Crippen LogP contribution in [0.25, 0.3) is 5.65 Å². The van der Waals surface area contributed by atoms with Crippen molar-refractivity contribution in [2.75, 3.05) is 7.11 Å². The van der Waals surface area contributed by atoms with Gasteiger partial charge in [-0.2, -0.15) is 9.61 Å². The van der Waals surface area contributed by atoms with Gasteiger partial charge in [-0.15, -0.1) is 0 Å². The molecule has 3 heterocycles. The Hall–Kier alpha value is -3.25. The van der Waals surface area contributed by atoms with Crippen LogP contribution in [-0.4, -0.2) is 28.4 Å². The summed E-state index contributed by atoms with van der Waals surface area (Å²) in [7, 11) is 1.63. The van der Waals surface area contributed by atoms with Gasteiger partial charge < -0.3 is 4.74 Å². The molecule has 1 saturated heterocycles. The van der Waals surface area contributed by atoms with Crippen LogP contribution >= 0.6 is 0 Å². The number of aromatic nitrogens is 3. The number of rotatable bonds is 2. The van der Waals surface area contributed by atoms with Crippen molar-refractivity contribution in [2.24, 2.45) is 0 Å². The van der Waals surface area contributed by atoms with E-state index in [1.807, 2.05) is 50.2 Å². The monoisotopic (exact) mass is 384 g/mol. The molecule has 1 atom stereocenters. The zero-order valence-corrected chi connectivity index (χ0v) is 17.2. The van der Waals surface area contributed by atoms with E-state index in [-0.39, 0.29) is 12.6 Å². The van der Waals surface area contributed by atoms with Crippen molar-refractivity contribution in [3.8, 4) is 23.7 Å². The fraction of sp³-hybridized carbons (Fsp3) is 0.348. The average molecular weight is 384 g/mol. The minimum absolute atomic E-state index is 0.107. The summed E-state index contributed by atoms with van der Waals surface area (Å²) >= 11 is 0. The molecule has 0 radical (unpaired) electrons. The first kappa shape index (κ1) is 20.5. The topological polar surface area (TPSA) is 63.2 Å². The predicted octanol–water partition coefficient (Wildman–Crippen LogP) is 4.60. The van der Waals surface area contributed by atoms with Gasteiger partial charge in [0.05, 0.1) is 24.6 Å². The molecule has 0 saturated carbocycles. The largest absolute Gasteiger partial charge is 0.481 e. The van der Waals surface area contributed by atoms with Crippen LogP contribution in [0.1, 0.15) is 49.4 Å². The third-order valence-corrected chi connectivity index (χ3v) is 5.06. The number of nitriles is 1. The van der Waals surface area contributed by atoms with Crippen molar-refractivity contribution >= 4 is 12.4 Å². The zero-order chi connectivity index (χ0) is 20.6. The Morgan fingerprint density at radius 1 is 1.21 bits per heavy atom. The van der Waals surface area contributed by atoms with Crippen LogP contribution in [-0.2, 0) is 0 Å². The van der Waals surface area contributed by atoms with E-state index >= 15 is 0 Å². The lowest BCUT2D eigenvalue weighted by Gasteiger charge is -2.23. The lowest BCUT2D eigenvalue weighted by molar-refractivity contribution is 0.383. The average Bonchev–Trinajstić information content (AvgIpc) is 3.22. The molecule has 1 fully saturated rings. The maximum absolute atomic E-state index is 9.29. The first-order valence-corrected chi connectivity index (χ1v) is 10.2. The molecular weight excluding hydrogens is 359 g/mol. The molecule has 6 heteroatoms. The van der Waals surface area contributed by atoms with E-state index in [9.17, 15) is 5.26 Å². The molecule has 3 aromatic rings. The Bertz CT molecular complexity index is 1060. The first-order valence-electron chi connectivity index (χ1n) is 10.2. The molecule has 0 spiro atoms. The summed E-state index contributed by atoms with van der Waals surface area (Å²) in [6.07, 6.45) is 5.65. The third-order valence-electron chi connectivity index (χ3n) is 5.06. The van der Waals surface area contributed by atoms with Crippen molar-refractivity contribution in [3.05, 3.63) is 59.4 Å². The number of hydrogen-bond donors (Lipinski definition) is 0. The molecule has 1 unspecified atom stereocenters. The quantitative estimate of drug-likeness (QED) is 0.479. The molecule has 0 N–H and O–H groups in total. The van der Waals surface area contributed by atoms with Crippen LogP contribution in [0.2, 0.25) is 12.6 Å². The molecule has 1 aliphatic heterocycles. The summed E-state index contributed by atoms with van der Waals surface area (Å²) < 4.78 is 7.22. The van der Waals surface area contributed by atoms with E-state index in [2.05, 4.69) is 22.9 Å². The summed E-state index contributed by atoms with van der Waals surface area (Å²) in [6.45, 7) is 4.11. The maximum atomic E-state index is 9.29. The number of benzene rings is 1. The van der Waals surface area contributed by atoms with E-state index in [0.29, 0.717) is 11.5 Å². The normalized spacial score (nSPS) is 15.5. The highest BCUT2D eigenvalue weighted by molar-refractivity contribution is 6.67. The van der Waals surface area contributed by atoms with Gasteiger partial charge in [0, 0.05) is 17.6 Å². The Morgan fingerprint density at radius 2 is 2.00 bits per heavy atom. The van der Waals surface area contributed by atoms with Crippen molar-refractivity contribution in [3.63, 3.8) is 0 Å².